The van der Waals surface area contributed by atoms with Crippen LogP contribution in [-0.4, -0.2) is 36.2 Å². The van der Waals surface area contributed by atoms with Crippen LogP contribution in [0.25, 0.3) is 0 Å². The van der Waals surface area contributed by atoms with Gasteiger partial charge in [0, 0.05) is 11.6 Å². The molecule has 0 amide bonds. The summed E-state index contributed by atoms with van der Waals surface area (Å²) in [5.74, 6) is 0.539. The van der Waals surface area contributed by atoms with E-state index in [1.54, 1.807) is 0 Å². The van der Waals surface area contributed by atoms with Gasteiger partial charge in [-0.05, 0) is 68.9 Å². The predicted octanol–water partition coefficient (Wildman–Crippen LogP) is 2.98. The molecule has 0 unspecified atom stereocenters. The van der Waals surface area contributed by atoms with Gasteiger partial charge in [0.05, 0.1) is 0 Å². The van der Waals surface area contributed by atoms with Crippen LogP contribution < -0.4 is 0 Å². The Balaban J connectivity index is 1.65. The summed E-state index contributed by atoms with van der Waals surface area (Å²) in [6, 6.07) is 8.15. The zero-order chi connectivity index (χ0) is 12.8. The highest BCUT2D eigenvalue weighted by atomic mass is 35.5. The largest absolute Gasteiger partial charge is 0.396 e. The van der Waals surface area contributed by atoms with Crippen LogP contribution in [0.15, 0.2) is 24.3 Å². The molecular weight excluding hydrogens is 246 g/mol. The molecular formula is C15H22ClNO. The minimum Gasteiger partial charge on any atom is -0.396 e. The molecule has 0 aliphatic carbocycles. The quantitative estimate of drug-likeness (QED) is 0.887. The van der Waals surface area contributed by atoms with Gasteiger partial charge < -0.3 is 10.0 Å². The number of aryl methyl sites for hydroxylation is 1. The summed E-state index contributed by atoms with van der Waals surface area (Å²) < 4.78 is 0. The summed E-state index contributed by atoms with van der Waals surface area (Å²) in [5.41, 5.74) is 1.37. The van der Waals surface area contributed by atoms with Crippen molar-refractivity contribution in [3.63, 3.8) is 0 Å². The molecule has 1 fully saturated rings. The fourth-order valence-electron chi connectivity index (χ4n) is 2.55. The Morgan fingerprint density at radius 1 is 1.17 bits per heavy atom. The van der Waals surface area contributed by atoms with Gasteiger partial charge in [-0.1, -0.05) is 23.7 Å². The Kier molecular flexibility index (Phi) is 5.48. The normalized spacial score (nSPS) is 18.1. The number of piperidine rings is 1. The van der Waals surface area contributed by atoms with Gasteiger partial charge in [-0.15, -0.1) is 0 Å². The topological polar surface area (TPSA) is 23.5 Å². The molecule has 0 bridgehead atoms. The molecule has 1 saturated heterocycles. The van der Waals surface area contributed by atoms with Crippen molar-refractivity contribution < 1.29 is 5.11 Å². The van der Waals surface area contributed by atoms with Crippen molar-refractivity contribution in [2.45, 2.75) is 25.7 Å². The van der Waals surface area contributed by atoms with E-state index in [0.29, 0.717) is 12.5 Å². The Hall–Kier alpha value is -0.570. The summed E-state index contributed by atoms with van der Waals surface area (Å²) in [7, 11) is 0. The van der Waals surface area contributed by atoms with E-state index >= 15 is 0 Å². The second-order valence-electron chi connectivity index (χ2n) is 5.20. The van der Waals surface area contributed by atoms with Crippen molar-refractivity contribution in [1.82, 2.24) is 4.90 Å². The smallest absolute Gasteiger partial charge is 0.0460 e. The van der Waals surface area contributed by atoms with Gasteiger partial charge in [0.15, 0.2) is 0 Å². The van der Waals surface area contributed by atoms with Crippen LogP contribution in [0.5, 0.6) is 0 Å². The van der Waals surface area contributed by atoms with Gasteiger partial charge >= 0.3 is 0 Å². The fraction of sp³-hybridized carbons (Fsp3) is 0.600. The lowest BCUT2D eigenvalue weighted by molar-refractivity contribution is 0.131. The first-order valence-corrected chi connectivity index (χ1v) is 7.23. The second-order valence-corrected chi connectivity index (χ2v) is 5.63. The molecule has 100 valence electrons. The standard InChI is InChI=1S/C15H22ClNO/c16-15-5-3-13(4-6-15)2-1-9-17-10-7-14(12-18)8-11-17/h3-6,14,18H,1-2,7-12H2. The summed E-state index contributed by atoms with van der Waals surface area (Å²) in [6.07, 6.45) is 4.62. The van der Waals surface area contributed by atoms with Crippen LogP contribution in [-0.2, 0) is 6.42 Å². The van der Waals surface area contributed by atoms with Crippen LogP contribution in [0.1, 0.15) is 24.8 Å². The van der Waals surface area contributed by atoms with Gasteiger partial charge in [-0.2, -0.15) is 0 Å². The Bertz CT molecular complexity index is 344. The summed E-state index contributed by atoms with van der Waals surface area (Å²) in [5, 5.41) is 9.91. The maximum atomic E-state index is 9.10. The molecule has 0 saturated carbocycles. The van der Waals surface area contributed by atoms with E-state index in [1.807, 2.05) is 12.1 Å². The Labute approximate surface area is 115 Å². The maximum Gasteiger partial charge on any atom is 0.0460 e. The fourth-order valence-corrected chi connectivity index (χ4v) is 2.68. The zero-order valence-corrected chi connectivity index (χ0v) is 11.6. The van der Waals surface area contributed by atoms with E-state index in [-0.39, 0.29) is 0 Å². The first-order chi connectivity index (χ1) is 8.78. The molecule has 2 rings (SSSR count). The van der Waals surface area contributed by atoms with Gasteiger partial charge in [0.2, 0.25) is 0 Å². The van der Waals surface area contributed by atoms with Crippen LogP contribution in [0, 0.1) is 5.92 Å². The lowest BCUT2D eigenvalue weighted by atomic mass is 9.97. The molecule has 1 heterocycles. The highest BCUT2D eigenvalue weighted by Gasteiger charge is 2.17. The lowest BCUT2D eigenvalue weighted by Crippen LogP contribution is -2.35. The predicted molar refractivity (Wildman–Crippen MR) is 76.0 cm³/mol. The van der Waals surface area contributed by atoms with Gasteiger partial charge in [0.25, 0.3) is 0 Å². The number of hydrogen-bond donors (Lipinski definition) is 1. The molecule has 1 aromatic rings. The third kappa shape index (κ3) is 4.27. The SMILES string of the molecule is OCC1CCN(CCCc2ccc(Cl)cc2)CC1. The molecule has 1 aromatic carbocycles. The van der Waals surface area contributed by atoms with Crippen LogP contribution >= 0.6 is 11.6 Å². The minimum absolute atomic E-state index is 0.360. The maximum absolute atomic E-state index is 9.10. The van der Waals surface area contributed by atoms with Crippen molar-refractivity contribution in [2.24, 2.45) is 5.92 Å². The number of rotatable bonds is 5. The van der Waals surface area contributed by atoms with Crippen molar-refractivity contribution in [1.29, 1.82) is 0 Å². The van der Waals surface area contributed by atoms with Gasteiger partial charge in [0.1, 0.15) is 0 Å². The number of likely N-dealkylation sites (tertiary alicyclic amines) is 1. The van der Waals surface area contributed by atoms with Crippen molar-refractivity contribution in [2.75, 3.05) is 26.2 Å². The average Bonchev–Trinajstić information content (AvgIpc) is 2.42. The minimum atomic E-state index is 0.360. The molecule has 0 atom stereocenters. The molecule has 0 spiro atoms. The van der Waals surface area contributed by atoms with Crippen LogP contribution in [0.4, 0.5) is 0 Å². The number of aliphatic hydroxyl groups excluding tert-OH is 1. The number of halogens is 1. The first kappa shape index (κ1) is 13.9. The van der Waals surface area contributed by atoms with E-state index in [4.69, 9.17) is 16.7 Å². The third-order valence-corrected chi connectivity index (χ3v) is 4.07. The van der Waals surface area contributed by atoms with Gasteiger partial charge in [-0.25, -0.2) is 0 Å². The Morgan fingerprint density at radius 3 is 2.44 bits per heavy atom. The van der Waals surface area contributed by atoms with Crippen molar-refractivity contribution in [3.8, 4) is 0 Å². The average molecular weight is 268 g/mol. The highest BCUT2D eigenvalue weighted by Crippen LogP contribution is 2.17. The second kappa shape index (κ2) is 7.13. The molecule has 0 radical (unpaired) electrons. The summed E-state index contributed by atoms with van der Waals surface area (Å²) >= 11 is 5.87. The first-order valence-electron chi connectivity index (χ1n) is 6.85. The van der Waals surface area contributed by atoms with E-state index in [9.17, 15) is 0 Å². The monoisotopic (exact) mass is 267 g/mol. The van der Waals surface area contributed by atoms with Crippen LogP contribution in [0.3, 0.4) is 0 Å². The number of benzene rings is 1. The third-order valence-electron chi connectivity index (χ3n) is 3.82. The van der Waals surface area contributed by atoms with Crippen LogP contribution in [0.2, 0.25) is 5.02 Å². The van der Waals surface area contributed by atoms with Crippen molar-refractivity contribution in [3.05, 3.63) is 34.9 Å². The van der Waals surface area contributed by atoms with E-state index in [2.05, 4.69) is 17.0 Å². The molecule has 1 aliphatic rings. The van der Waals surface area contributed by atoms with E-state index < -0.39 is 0 Å². The lowest BCUT2D eigenvalue weighted by Gasteiger charge is -2.30. The van der Waals surface area contributed by atoms with E-state index in [0.717, 1.165) is 37.4 Å². The molecule has 18 heavy (non-hydrogen) atoms. The Morgan fingerprint density at radius 2 is 1.83 bits per heavy atom. The molecule has 1 aliphatic heterocycles. The summed E-state index contributed by atoms with van der Waals surface area (Å²) in [4.78, 5) is 2.52. The number of hydrogen-bond acceptors (Lipinski definition) is 2. The van der Waals surface area contributed by atoms with E-state index in [1.165, 1.54) is 18.5 Å². The molecule has 0 aromatic heterocycles. The number of aliphatic hydroxyl groups is 1. The van der Waals surface area contributed by atoms with Crippen molar-refractivity contribution >= 4 is 11.6 Å². The molecule has 1 N–H and O–H groups in total. The summed E-state index contributed by atoms with van der Waals surface area (Å²) in [6.45, 7) is 3.82. The zero-order valence-electron chi connectivity index (χ0n) is 10.8. The molecule has 3 heteroatoms. The number of nitrogens with zero attached hydrogens (tertiary/aromatic N) is 1. The highest BCUT2D eigenvalue weighted by molar-refractivity contribution is 6.30. The molecule has 2 nitrogen and oxygen atoms in total. The van der Waals surface area contributed by atoms with Gasteiger partial charge in [-0.3, -0.25) is 0 Å².